The number of para-hydroxylation sites is 1. The van der Waals surface area contributed by atoms with Gasteiger partial charge in [-0.15, -0.1) is 0 Å². The smallest absolute Gasteiger partial charge is 0.211 e. The normalized spacial score (nSPS) is 16.4. The van der Waals surface area contributed by atoms with Crippen LogP contribution in [0.3, 0.4) is 0 Å². The standard InChI is InChI=1S/C18H19N3O2S2/c1-25(22,23)21-10-8-20(9-11-21)17-6-5-14-3-2-4-16(18(14)19-17)15-7-12-24-13-15/h2-7,12-13H,8-11H2,1H3. The number of hydrogen-bond donors (Lipinski definition) is 0. The predicted molar refractivity (Wildman–Crippen MR) is 104 cm³/mol. The highest BCUT2D eigenvalue weighted by atomic mass is 32.2. The van der Waals surface area contributed by atoms with E-state index in [1.54, 1.807) is 11.3 Å². The van der Waals surface area contributed by atoms with Crippen molar-refractivity contribution >= 4 is 38.1 Å². The highest BCUT2D eigenvalue weighted by molar-refractivity contribution is 7.88. The van der Waals surface area contributed by atoms with Crippen molar-refractivity contribution in [1.29, 1.82) is 0 Å². The van der Waals surface area contributed by atoms with E-state index in [0.29, 0.717) is 26.2 Å². The van der Waals surface area contributed by atoms with Crippen LogP contribution in [0.15, 0.2) is 47.2 Å². The maximum absolute atomic E-state index is 11.7. The van der Waals surface area contributed by atoms with Crippen molar-refractivity contribution in [1.82, 2.24) is 9.29 Å². The summed E-state index contributed by atoms with van der Waals surface area (Å²) in [6.07, 6.45) is 1.27. The fourth-order valence-electron chi connectivity index (χ4n) is 3.21. The zero-order valence-corrected chi connectivity index (χ0v) is 15.6. The third-order valence-corrected chi connectivity index (χ3v) is 6.56. The summed E-state index contributed by atoms with van der Waals surface area (Å²) in [5, 5.41) is 5.32. The second-order valence-corrected chi connectivity index (χ2v) is 8.97. The van der Waals surface area contributed by atoms with E-state index in [1.165, 1.54) is 16.1 Å². The van der Waals surface area contributed by atoms with Gasteiger partial charge >= 0.3 is 0 Å². The first-order chi connectivity index (χ1) is 12.0. The second-order valence-electron chi connectivity index (χ2n) is 6.21. The van der Waals surface area contributed by atoms with Crippen LogP contribution in [0.4, 0.5) is 5.82 Å². The van der Waals surface area contributed by atoms with E-state index in [2.05, 4.69) is 46.0 Å². The first-order valence-electron chi connectivity index (χ1n) is 8.15. The van der Waals surface area contributed by atoms with Gasteiger partial charge in [0.05, 0.1) is 11.8 Å². The van der Waals surface area contributed by atoms with Gasteiger partial charge in [0.2, 0.25) is 10.0 Å². The minimum atomic E-state index is -3.12. The molecule has 1 fully saturated rings. The number of thiophene rings is 1. The highest BCUT2D eigenvalue weighted by Gasteiger charge is 2.24. The Morgan fingerprint density at radius 1 is 1.04 bits per heavy atom. The minimum Gasteiger partial charge on any atom is -0.354 e. The molecule has 0 radical (unpaired) electrons. The average Bonchev–Trinajstić information content (AvgIpc) is 3.14. The maximum Gasteiger partial charge on any atom is 0.211 e. The SMILES string of the molecule is CS(=O)(=O)N1CCN(c2ccc3cccc(-c4ccsc4)c3n2)CC1. The topological polar surface area (TPSA) is 53.5 Å². The van der Waals surface area contributed by atoms with E-state index in [-0.39, 0.29) is 0 Å². The zero-order chi connectivity index (χ0) is 17.4. The Kier molecular flexibility index (Phi) is 4.23. The van der Waals surface area contributed by atoms with Crippen LogP contribution in [0.2, 0.25) is 0 Å². The number of hydrogen-bond acceptors (Lipinski definition) is 5. The van der Waals surface area contributed by atoms with Crippen molar-refractivity contribution in [2.24, 2.45) is 0 Å². The van der Waals surface area contributed by atoms with Crippen molar-refractivity contribution in [2.75, 3.05) is 37.3 Å². The van der Waals surface area contributed by atoms with E-state index in [9.17, 15) is 8.42 Å². The molecule has 130 valence electrons. The molecule has 1 saturated heterocycles. The molecule has 0 amide bonds. The highest BCUT2D eigenvalue weighted by Crippen LogP contribution is 2.30. The van der Waals surface area contributed by atoms with E-state index in [1.807, 2.05) is 6.07 Å². The van der Waals surface area contributed by atoms with Crippen LogP contribution in [0.1, 0.15) is 0 Å². The van der Waals surface area contributed by atoms with Gasteiger partial charge in [-0.1, -0.05) is 18.2 Å². The fourth-order valence-corrected chi connectivity index (χ4v) is 4.69. The Balaban J connectivity index is 1.67. The summed E-state index contributed by atoms with van der Waals surface area (Å²) in [5.74, 6) is 0.906. The summed E-state index contributed by atoms with van der Waals surface area (Å²) in [4.78, 5) is 7.06. The van der Waals surface area contributed by atoms with Crippen LogP contribution < -0.4 is 4.90 Å². The van der Waals surface area contributed by atoms with Crippen molar-refractivity contribution < 1.29 is 8.42 Å². The Morgan fingerprint density at radius 2 is 1.84 bits per heavy atom. The number of fused-ring (bicyclic) bond motifs is 1. The number of piperazine rings is 1. The molecule has 0 atom stereocenters. The molecule has 1 aromatic carbocycles. The third kappa shape index (κ3) is 3.27. The number of nitrogens with zero attached hydrogens (tertiary/aromatic N) is 3. The average molecular weight is 374 g/mol. The molecule has 3 heterocycles. The molecule has 1 aliphatic heterocycles. The molecular formula is C18H19N3O2S2. The second kappa shape index (κ2) is 6.40. The van der Waals surface area contributed by atoms with E-state index >= 15 is 0 Å². The molecular weight excluding hydrogens is 354 g/mol. The summed E-state index contributed by atoms with van der Waals surface area (Å²) in [6, 6.07) is 12.5. The summed E-state index contributed by atoms with van der Waals surface area (Å²) in [7, 11) is -3.12. The molecule has 1 aliphatic rings. The molecule has 0 saturated carbocycles. The Morgan fingerprint density at radius 3 is 2.52 bits per heavy atom. The van der Waals surface area contributed by atoms with Gasteiger partial charge in [-0.3, -0.25) is 0 Å². The van der Waals surface area contributed by atoms with Crippen molar-refractivity contribution in [2.45, 2.75) is 0 Å². The first-order valence-corrected chi connectivity index (χ1v) is 10.9. The largest absolute Gasteiger partial charge is 0.354 e. The van der Waals surface area contributed by atoms with Crippen molar-refractivity contribution in [3.05, 3.63) is 47.2 Å². The summed E-state index contributed by atoms with van der Waals surface area (Å²) >= 11 is 1.68. The van der Waals surface area contributed by atoms with Crippen LogP contribution in [0.25, 0.3) is 22.0 Å². The molecule has 2 aromatic heterocycles. The number of anilines is 1. The van der Waals surface area contributed by atoms with Gasteiger partial charge in [0.1, 0.15) is 5.82 Å². The molecule has 7 heteroatoms. The molecule has 0 aliphatic carbocycles. The van der Waals surface area contributed by atoms with Gasteiger partial charge in [-0.25, -0.2) is 13.4 Å². The summed E-state index contributed by atoms with van der Waals surface area (Å²) < 4.78 is 24.9. The number of benzene rings is 1. The van der Waals surface area contributed by atoms with Gasteiger partial charge in [0.25, 0.3) is 0 Å². The van der Waals surface area contributed by atoms with E-state index in [0.717, 1.165) is 22.3 Å². The van der Waals surface area contributed by atoms with Gasteiger partial charge in [-0.05, 0) is 34.5 Å². The molecule has 0 unspecified atom stereocenters. The number of pyridine rings is 1. The quantitative estimate of drug-likeness (QED) is 0.708. The fraction of sp³-hybridized carbons (Fsp3) is 0.278. The molecule has 0 bridgehead atoms. The molecule has 0 N–H and O–H groups in total. The number of sulfonamides is 1. The lowest BCUT2D eigenvalue weighted by Gasteiger charge is -2.34. The van der Waals surface area contributed by atoms with E-state index in [4.69, 9.17) is 4.98 Å². The van der Waals surface area contributed by atoms with Crippen molar-refractivity contribution in [3.8, 4) is 11.1 Å². The third-order valence-electron chi connectivity index (χ3n) is 4.57. The number of rotatable bonds is 3. The monoisotopic (exact) mass is 373 g/mol. The predicted octanol–water partition coefficient (Wildman–Crippen LogP) is 3.04. The van der Waals surface area contributed by atoms with Gasteiger partial charge < -0.3 is 4.90 Å². The first kappa shape index (κ1) is 16.5. The van der Waals surface area contributed by atoms with Gasteiger partial charge in [0, 0.05) is 37.1 Å². The summed E-state index contributed by atoms with van der Waals surface area (Å²) in [5.41, 5.74) is 3.31. The zero-order valence-electron chi connectivity index (χ0n) is 13.9. The Labute approximate surface area is 151 Å². The van der Waals surface area contributed by atoms with Crippen LogP contribution in [-0.2, 0) is 10.0 Å². The minimum absolute atomic E-state index is 0.505. The lowest BCUT2D eigenvalue weighted by atomic mass is 10.0. The molecule has 0 spiro atoms. The Hall–Kier alpha value is -1.96. The molecule has 3 aromatic rings. The van der Waals surface area contributed by atoms with Crippen LogP contribution in [0, 0.1) is 0 Å². The Bertz CT molecular complexity index is 992. The van der Waals surface area contributed by atoms with Gasteiger partial charge in [-0.2, -0.15) is 15.6 Å². The lowest BCUT2D eigenvalue weighted by Crippen LogP contribution is -2.48. The van der Waals surface area contributed by atoms with E-state index < -0.39 is 10.0 Å². The maximum atomic E-state index is 11.7. The van der Waals surface area contributed by atoms with Crippen LogP contribution in [-0.4, -0.2) is 50.1 Å². The number of aromatic nitrogens is 1. The lowest BCUT2D eigenvalue weighted by molar-refractivity contribution is 0.387. The molecule has 25 heavy (non-hydrogen) atoms. The van der Waals surface area contributed by atoms with Crippen LogP contribution in [0.5, 0.6) is 0 Å². The van der Waals surface area contributed by atoms with Crippen LogP contribution >= 0.6 is 11.3 Å². The summed E-state index contributed by atoms with van der Waals surface area (Å²) in [6.45, 7) is 2.33. The van der Waals surface area contributed by atoms with Crippen molar-refractivity contribution in [3.63, 3.8) is 0 Å². The molecule has 4 rings (SSSR count). The molecule has 5 nitrogen and oxygen atoms in total. The van der Waals surface area contributed by atoms with Gasteiger partial charge in [0.15, 0.2) is 0 Å².